The molecule has 0 aromatic heterocycles. The van der Waals surface area contributed by atoms with E-state index in [9.17, 15) is 4.79 Å². The Morgan fingerprint density at radius 1 is 1.35 bits per heavy atom. The lowest BCUT2D eigenvalue weighted by molar-refractivity contribution is -0.123. The molecular weight excluding hydrogens is 341 g/mol. The van der Waals surface area contributed by atoms with Crippen LogP contribution >= 0.6 is 24.8 Å². The van der Waals surface area contributed by atoms with Gasteiger partial charge in [-0.15, -0.1) is 24.8 Å². The SMILES string of the molecule is CC(C)CN1CCOC(CNC(=O)CC2COCCN2)C1.Cl.Cl. The fourth-order valence-electron chi connectivity index (χ4n) is 2.86. The van der Waals surface area contributed by atoms with E-state index in [1.807, 2.05) is 0 Å². The number of halogens is 2. The molecule has 23 heavy (non-hydrogen) atoms. The van der Waals surface area contributed by atoms with Crippen LogP contribution in [0.5, 0.6) is 0 Å². The summed E-state index contributed by atoms with van der Waals surface area (Å²) in [5.74, 6) is 0.735. The van der Waals surface area contributed by atoms with Gasteiger partial charge in [-0.3, -0.25) is 9.69 Å². The molecule has 0 aromatic rings. The minimum atomic E-state index is 0. The van der Waals surface area contributed by atoms with Crippen molar-refractivity contribution >= 4 is 30.7 Å². The van der Waals surface area contributed by atoms with Crippen molar-refractivity contribution in [3.05, 3.63) is 0 Å². The molecule has 0 radical (unpaired) electrons. The molecule has 0 saturated carbocycles. The zero-order valence-corrected chi connectivity index (χ0v) is 15.7. The molecule has 2 rings (SSSR count). The van der Waals surface area contributed by atoms with Crippen LogP contribution in [0.2, 0.25) is 0 Å². The largest absolute Gasteiger partial charge is 0.378 e. The van der Waals surface area contributed by atoms with Gasteiger partial charge in [0.05, 0.1) is 25.9 Å². The maximum absolute atomic E-state index is 11.9. The molecule has 2 N–H and O–H groups in total. The van der Waals surface area contributed by atoms with Gasteiger partial charge in [-0.25, -0.2) is 0 Å². The molecule has 0 spiro atoms. The summed E-state index contributed by atoms with van der Waals surface area (Å²) in [6.45, 7) is 11.0. The summed E-state index contributed by atoms with van der Waals surface area (Å²) in [4.78, 5) is 14.4. The van der Waals surface area contributed by atoms with Crippen molar-refractivity contribution in [3.63, 3.8) is 0 Å². The molecule has 8 heteroatoms. The van der Waals surface area contributed by atoms with Gasteiger partial charge < -0.3 is 20.1 Å². The van der Waals surface area contributed by atoms with E-state index < -0.39 is 0 Å². The molecule has 2 fully saturated rings. The molecular formula is C15H31Cl2N3O3. The van der Waals surface area contributed by atoms with Gasteiger partial charge in [-0.1, -0.05) is 13.8 Å². The molecule has 2 atom stereocenters. The average molecular weight is 372 g/mol. The Bertz CT molecular complexity index is 329. The highest BCUT2D eigenvalue weighted by Gasteiger charge is 2.22. The number of hydrogen-bond donors (Lipinski definition) is 2. The Morgan fingerprint density at radius 3 is 2.78 bits per heavy atom. The highest BCUT2D eigenvalue weighted by Crippen LogP contribution is 2.07. The fourth-order valence-corrected chi connectivity index (χ4v) is 2.86. The summed E-state index contributed by atoms with van der Waals surface area (Å²) in [6, 6.07) is 0.142. The number of hydrogen-bond acceptors (Lipinski definition) is 5. The third-order valence-electron chi connectivity index (χ3n) is 3.80. The van der Waals surface area contributed by atoms with E-state index in [1.165, 1.54) is 0 Å². The summed E-state index contributed by atoms with van der Waals surface area (Å²) in [5, 5.41) is 6.28. The van der Waals surface area contributed by atoms with E-state index in [-0.39, 0.29) is 42.9 Å². The lowest BCUT2D eigenvalue weighted by Crippen LogP contribution is -2.49. The lowest BCUT2D eigenvalue weighted by atomic mass is 10.1. The molecule has 138 valence electrons. The quantitative estimate of drug-likeness (QED) is 0.718. The van der Waals surface area contributed by atoms with Crippen molar-refractivity contribution in [2.45, 2.75) is 32.4 Å². The zero-order chi connectivity index (χ0) is 15.1. The van der Waals surface area contributed by atoms with Gasteiger partial charge in [0.1, 0.15) is 0 Å². The minimum absolute atomic E-state index is 0. The van der Waals surface area contributed by atoms with Crippen LogP contribution in [0.1, 0.15) is 20.3 Å². The Morgan fingerprint density at radius 2 is 2.13 bits per heavy atom. The van der Waals surface area contributed by atoms with E-state index in [2.05, 4.69) is 29.4 Å². The molecule has 0 bridgehead atoms. The number of nitrogens with zero attached hydrogens (tertiary/aromatic N) is 1. The standard InChI is InChI=1S/C15H29N3O3.2ClH/c1-12(2)9-18-4-6-21-14(10-18)8-17-15(19)7-13-11-20-5-3-16-13;;/h12-14,16H,3-11H2,1-2H3,(H,17,19);2*1H. The number of carbonyl (C=O) groups is 1. The Labute approximate surface area is 151 Å². The Kier molecular flexibility index (Phi) is 12.2. The van der Waals surface area contributed by atoms with E-state index in [0.29, 0.717) is 25.5 Å². The maximum Gasteiger partial charge on any atom is 0.221 e. The summed E-state index contributed by atoms with van der Waals surface area (Å²) >= 11 is 0. The van der Waals surface area contributed by atoms with Gasteiger partial charge in [0.15, 0.2) is 0 Å². The first-order valence-electron chi connectivity index (χ1n) is 8.05. The van der Waals surface area contributed by atoms with Gasteiger partial charge in [-0.2, -0.15) is 0 Å². The molecule has 2 aliphatic heterocycles. The first kappa shape index (κ1) is 22.9. The highest BCUT2D eigenvalue weighted by molar-refractivity contribution is 5.85. The predicted octanol–water partition coefficient (Wildman–Crippen LogP) is 0.681. The summed E-state index contributed by atoms with van der Waals surface area (Å²) in [6.07, 6.45) is 0.583. The smallest absolute Gasteiger partial charge is 0.221 e. The van der Waals surface area contributed by atoms with E-state index in [4.69, 9.17) is 9.47 Å². The summed E-state index contributed by atoms with van der Waals surface area (Å²) in [7, 11) is 0. The number of amides is 1. The molecule has 2 saturated heterocycles. The van der Waals surface area contributed by atoms with Crippen LogP contribution in [0.3, 0.4) is 0 Å². The zero-order valence-electron chi connectivity index (χ0n) is 14.1. The first-order chi connectivity index (χ1) is 10.1. The molecule has 2 aliphatic rings. The lowest BCUT2D eigenvalue weighted by Gasteiger charge is -2.34. The topological polar surface area (TPSA) is 62.8 Å². The second-order valence-electron chi connectivity index (χ2n) is 6.38. The van der Waals surface area contributed by atoms with Gasteiger partial charge in [0.2, 0.25) is 5.91 Å². The van der Waals surface area contributed by atoms with Crippen LogP contribution in [0.25, 0.3) is 0 Å². The van der Waals surface area contributed by atoms with E-state index in [1.54, 1.807) is 0 Å². The van der Waals surface area contributed by atoms with Crippen molar-refractivity contribution in [1.82, 2.24) is 15.5 Å². The Hall–Kier alpha value is -0.110. The van der Waals surface area contributed by atoms with Crippen molar-refractivity contribution in [2.75, 3.05) is 52.5 Å². The van der Waals surface area contributed by atoms with E-state index >= 15 is 0 Å². The summed E-state index contributed by atoms with van der Waals surface area (Å²) in [5.41, 5.74) is 0. The third-order valence-corrected chi connectivity index (χ3v) is 3.80. The molecule has 2 unspecified atom stereocenters. The van der Waals surface area contributed by atoms with Crippen LogP contribution in [0.15, 0.2) is 0 Å². The van der Waals surface area contributed by atoms with Crippen molar-refractivity contribution in [2.24, 2.45) is 5.92 Å². The number of ether oxygens (including phenoxy) is 2. The van der Waals surface area contributed by atoms with Crippen molar-refractivity contribution in [3.8, 4) is 0 Å². The van der Waals surface area contributed by atoms with Gasteiger partial charge in [-0.05, 0) is 5.92 Å². The van der Waals surface area contributed by atoms with Crippen molar-refractivity contribution < 1.29 is 14.3 Å². The third kappa shape index (κ3) is 9.08. The molecule has 1 amide bonds. The highest BCUT2D eigenvalue weighted by atomic mass is 35.5. The number of nitrogens with one attached hydrogen (secondary N) is 2. The number of carbonyl (C=O) groups excluding carboxylic acids is 1. The van der Waals surface area contributed by atoms with Crippen LogP contribution in [0.4, 0.5) is 0 Å². The summed E-state index contributed by atoms with van der Waals surface area (Å²) < 4.78 is 11.1. The van der Waals surface area contributed by atoms with E-state index in [0.717, 1.165) is 39.4 Å². The molecule has 0 aromatic carbocycles. The minimum Gasteiger partial charge on any atom is -0.378 e. The van der Waals surface area contributed by atoms with Gasteiger partial charge >= 0.3 is 0 Å². The molecule has 6 nitrogen and oxygen atoms in total. The Balaban J connectivity index is 0.00000242. The van der Waals surface area contributed by atoms with Crippen LogP contribution in [-0.4, -0.2) is 75.5 Å². The maximum atomic E-state index is 11.9. The normalized spacial score (nSPS) is 25.3. The second kappa shape index (κ2) is 12.3. The van der Waals surface area contributed by atoms with Gasteiger partial charge in [0.25, 0.3) is 0 Å². The van der Waals surface area contributed by atoms with Crippen LogP contribution in [0, 0.1) is 5.92 Å². The number of morpholine rings is 2. The average Bonchev–Trinajstić information content (AvgIpc) is 2.46. The predicted molar refractivity (Wildman–Crippen MR) is 95.8 cm³/mol. The monoisotopic (exact) mass is 371 g/mol. The van der Waals surface area contributed by atoms with Gasteiger partial charge in [0, 0.05) is 45.2 Å². The van der Waals surface area contributed by atoms with Crippen LogP contribution in [-0.2, 0) is 14.3 Å². The van der Waals surface area contributed by atoms with Crippen molar-refractivity contribution in [1.29, 1.82) is 0 Å². The second-order valence-corrected chi connectivity index (χ2v) is 6.38. The fraction of sp³-hybridized carbons (Fsp3) is 0.933. The van der Waals surface area contributed by atoms with Crippen LogP contribution < -0.4 is 10.6 Å². The molecule has 2 heterocycles. The number of rotatable bonds is 6. The molecule has 0 aliphatic carbocycles. The first-order valence-corrected chi connectivity index (χ1v) is 8.05.